The van der Waals surface area contributed by atoms with Crippen molar-refractivity contribution in [2.24, 2.45) is 5.73 Å². The van der Waals surface area contributed by atoms with Gasteiger partial charge in [0.25, 0.3) is 0 Å². The van der Waals surface area contributed by atoms with Crippen LogP contribution >= 0.6 is 11.8 Å². The molecule has 17 heavy (non-hydrogen) atoms. The topological polar surface area (TPSA) is 55.1 Å². The van der Waals surface area contributed by atoms with Gasteiger partial charge in [0.1, 0.15) is 0 Å². The van der Waals surface area contributed by atoms with E-state index in [1.807, 2.05) is 31.2 Å². The highest BCUT2D eigenvalue weighted by Crippen LogP contribution is 2.22. The van der Waals surface area contributed by atoms with Crippen molar-refractivity contribution >= 4 is 17.7 Å². The first-order valence-electron chi connectivity index (χ1n) is 5.93. The van der Waals surface area contributed by atoms with E-state index in [0.717, 1.165) is 23.3 Å². The Morgan fingerprint density at radius 1 is 1.47 bits per heavy atom. The minimum atomic E-state index is 0.0622. The highest BCUT2D eigenvalue weighted by atomic mass is 32.2. The molecule has 0 radical (unpaired) electrons. The number of hydrogen-bond donors (Lipinski definition) is 2. The maximum atomic E-state index is 11.5. The van der Waals surface area contributed by atoms with Crippen molar-refractivity contribution in [1.82, 2.24) is 5.32 Å². The molecule has 0 unspecified atom stereocenters. The summed E-state index contributed by atoms with van der Waals surface area (Å²) in [5, 5.41) is 2.97. The summed E-state index contributed by atoms with van der Waals surface area (Å²) in [4.78, 5) is 12.6. The Labute approximate surface area is 106 Å². The van der Waals surface area contributed by atoms with Crippen molar-refractivity contribution < 1.29 is 4.79 Å². The largest absolute Gasteiger partial charge is 0.353 e. The molecular weight excluding hydrogens is 232 g/mol. The predicted molar refractivity (Wildman–Crippen MR) is 70.9 cm³/mol. The Balaban J connectivity index is 1.79. The van der Waals surface area contributed by atoms with Crippen molar-refractivity contribution in [2.45, 2.75) is 36.7 Å². The summed E-state index contributed by atoms with van der Waals surface area (Å²) in [5.41, 5.74) is 6.90. The summed E-state index contributed by atoms with van der Waals surface area (Å²) in [7, 11) is 0. The molecule has 0 aliphatic heterocycles. The van der Waals surface area contributed by atoms with Crippen LogP contribution in [-0.2, 0) is 4.79 Å². The van der Waals surface area contributed by atoms with Gasteiger partial charge in [0, 0.05) is 17.0 Å². The van der Waals surface area contributed by atoms with Gasteiger partial charge in [0.2, 0.25) is 5.91 Å². The molecular formula is C13H18N2OS. The van der Waals surface area contributed by atoms with E-state index in [9.17, 15) is 4.79 Å². The molecule has 1 aliphatic carbocycles. The van der Waals surface area contributed by atoms with E-state index in [-0.39, 0.29) is 11.9 Å². The van der Waals surface area contributed by atoms with Crippen LogP contribution in [0.4, 0.5) is 0 Å². The molecule has 0 bridgehead atoms. The molecule has 0 aromatic heterocycles. The lowest BCUT2D eigenvalue weighted by atomic mass is 10.1. The summed E-state index contributed by atoms with van der Waals surface area (Å²) in [6.07, 6.45) is 2.28. The number of carbonyl (C=O) groups is 1. The zero-order valence-electron chi connectivity index (χ0n) is 9.98. The SMILES string of the molecule is C[C@H](N)c1ccc(SCC(=O)NC2CC2)cc1. The van der Waals surface area contributed by atoms with E-state index in [4.69, 9.17) is 5.73 Å². The predicted octanol–water partition coefficient (Wildman–Crippen LogP) is 2.08. The van der Waals surface area contributed by atoms with Crippen LogP contribution in [0.5, 0.6) is 0 Å². The molecule has 1 aromatic carbocycles. The monoisotopic (exact) mass is 250 g/mol. The number of rotatable bonds is 5. The van der Waals surface area contributed by atoms with Crippen LogP contribution in [-0.4, -0.2) is 17.7 Å². The van der Waals surface area contributed by atoms with Crippen LogP contribution in [0.25, 0.3) is 0 Å². The molecule has 4 heteroatoms. The minimum Gasteiger partial charge on any atom is -0.353 e. The fourth-order valence-corrected chi connectivity index (χ4v) is 2.22. The average Bonchev–Trinajstić information content (AvgIpc) is 3.11. The molecule has 92 valence electrons. The molecule has 1 atom stereocenters. The number of carbonyl (C=O) groups excluding carboxylic acids is 1. The van der Waals surface area contributed by atoms with Crippen LogP contribution in [0.2, 0.25) is 0 Å². The number of hydrogen-bond acceptors (Lipinski definition) is 3. The van der Waals surface area contributed by atoms with Gasteiger partial charge in [0.15, 0.2) is 0 Å². The lowest BCUT2D eigenvalue weighted by Gasteiger charge is -2.07. The zero-order chi connectivity index (χ0) is 12.3. The molecule has 1 aliphatic rings. The molecule has 0 heterocycles. The Kier molecular flexibility index (Phi) is 4.07. The van der Waals surface area contributed by atoms with Crippen molar-refractivity contribution in [3.05, 3.63) is 29.8 Å². The lowest BCUT2D eigenvalue weighted by Crippen LogP contribution is -2.26. The van der Waals surface area contributed by atoms with Crippen LogP contribution in [0.1, 0.15) is 31.4 Å². The van der Waals surface area contributed by atoms with Crippen LogP contribution in [0, 0.1) is 0 Å². The minimum absolute atomic E-state index is 0.0622. The van der Waals surface area contributed by atoms with Crippen molar-refractivity contribution in [3.63, 3.8) is 0 Å². The van der Waals surface area contributed by atoms with Gasteiger partial charge in [-0.3, -0.25) is 4.79 Å². The number of amides is 1. The Morgan fingerprint density at radius 3 is 2.65 bits per heavy atom. The Hall–Kier alpha value is -1.00. The Bertz CT molecular complexity index is 385. The van der Waals surface area contributed by atoms with Crippen LogP contribution < -0.4 is 11.1 Å². The standard InChI is InChI=1S/C13H18N2OS/c1-9(14)10-2-6-12(7-3-10)17-8-13(16)15-11-4-5-11/h2-3,6-7,9,11H,4-5,8,14H2,1H3,(H,15,16)/t9-/m0/s1. The smallest absolute Gasteiger partial charge is 0.230 e. The van der Waals surface area contributed by atoms with E-state index >= 15 is 0 Å². The molecule has 1 fully saturated rings. The van der Waals surface area contributed by atoms with Gasteiger partial charge in [0.05, 0.1) is 5.75 Å². The summed E-state index contributed by atoms with van der Waals surface area (Å²) in [6.45, 7) is 1.96. The van der Waals surface area contributed by atoms with Crippen molar-refractivity contribution in [3.8, 4) is 0 Å². The van der Waals surface area contributed by atoms with Crippen molar-refractivity contribution in [1.29, 1.82) is 0 Å². The molecule has 3 nitrogen and oxygen atoms in total. The van der Waals surface area contributed by atoms with Gasteiger partial charge in [-0.15, -0.1) is 11.8 Å². The third-order valence-electron chi connectivity index (χ3n) is 2.72. The number of benzene rings is 1. The fourth-order valence-electron chi connectivity index (χ4n) is 1.51. The maximum Gasteiger partial charge on any atom is 0.230 e. The van der Waals surface area contributed by atoms with Crippen LogP contribution in [0.3, 0.4) is 0 Å². The lowest BCUT2D eigenvalue weighted by molar-refractivity contribution is -0.118. The van der Waals surface area contributed by atoms with Gasteiger partial charge in [-0.1, -0.05) is 12.1 Å². The van der Waals surface area contributed by atoms with E-state index < -0.39 is 0 Å². The highest BCUT2D eigenvalue weighted by molar-refractivity contribution is 8.00. The molecule has 0 spiro atoms. The number of nitrogens with two attached hydrogens (primary N) is 1. The fraction of sp³-hybridized carbons (Fsp3) is 0.462. The second-order valence-electron chi connectivity index (χ2n) is 4.49. The summed E-state index contributed by atoms with van der Waals surface area (Å²) in [5.74, 6) is 0.627. The summed E-state index contributed by atoms with van der Waals surface area (Å²) in [6, 6.07) is 8.59. The van der Waals surface area contributed by atoms with E-state index in [0.29, 0.717) is 11.8 Å². The number of thioether (sulfide) groups is 1. The van der Waals surface area contributed by atoms with Gasteiger partial charge in [-0.05, 0) is 37.5 Å². The number of nitrogens with one attached hydrogen (secondary N) is 1. The normalized spacial score (nSPS) is 16.6. The maximum absolute atomic E-state index is 11.5. The van der Waals surface area contributed by atoms with Gasteiger partial charge in [-0.2, -0.15) is 0 Å². The highest BCUT2D eigenvalue weighted by Gasteiger charge is 2.22. The van der Waals surface area contributed by atoms with Gasteiger partial charge < -0.3 is 11.1 Å². The molecule has 1 saturated carbocycles. The van der Waals surface area contributed by atoms with E-state index in [2.05, 4.69) is 5.32 Å². The molecule has 1 amide bonds. The molecule has 0 saturated heterocycles. The first-order valence-corrected chi connectivity index (χ1v) is 6.91. The first-order chi connectivity index (χ1) is 8.15. The third-order valence-corrected chi connectivity index (χ3v) is 3.73. The summed E-state index contributed by atoms with van der Waals surface area (Å²) >= 11 is 1.57. The Morgan fingerprint density at radius 2 is 2.12 bits per heavy atom. The quantitative estimate of drug-likeness (QED) is 0.787. The third kappa shape index (κ3) is 4.06. The molecule has 2 rings (SSSR count). The zero-order valence-corrected chi connectivity index (χ0v) is 10.8. The first kappa shape index (κ1) is 12.5. The van der Waals surface area contributed by atoms with E-state index in [1.54, 1.807) is 11.8 Å². The van der Waals surface area contributed by atoms with Crippen molar-refractivity contribution in [2.75, 3.05) is 5.75 Å². The molecule has 1 aromatic rings. The average molecular weight is 250 g/mol. The van der Waals surface area contributed by atoms with Crippen LogP contribution in [0.15, 0.2) is 29.2 Å². The second kappa shape index (κ2) is 5.56. The van der Waals surface area contributed by atoms with E-state index in [1.165, 1.54) is 0 Å². The van der Waals surface area contributed by atoms with Gasteiger partial charge >= 0.3 is 0 Å². The van der Waals surface area contributed by atoms with Gasteiger partial charge in [-0.25, -0.2) is 0 Å². The summed E-state index contributed by atoms with van der Waals surface area (Å²) < 4.78 is 0. The molecule has 3 N–H and O–H groups in total. The second-order valence-corrected chi connectivity index (χ2v) is 5.54.